The Bertz CT molecular complexity index is 200. The van der Waals surface area contributed by atoms with Crippen LogP contribution < -0.4 is 0 Å². The van der Waals surface area contributed by atoms with Crippen LogP contribution in [0.5, 0.6) is 0 Å². The fourth-order valence-electron chi connectivity index (χ4n) is 2.38. The van der Waals surface area contributed by atoms with E-state index in [1.807, 2.05) is 0 Å². The van der Waals surface area contributed by atoms with Gasteiger partial charge in [-0.15, -0.1) is 0 Å². The molecule has 0 aromatic heterocycles. The summed E-state index contributed by atoms with van der Waals surface area (Å²) >= 11 is -1.59. The van der Waals surface area contributed by atoms with Crippen LogP contribution in [0.4, 0.5) is 0 Å². The van der Waals surface area contributed by atoms with E-state index >= 15 is 0 Å². The van der Waals surface area contributed by atoms with Crippen LogP contribution in [0, 0.1) is 11.8 Å². The van der Waals surface area contributed by atoms with Gasteiger partial charge in [0.2, 0.25) is 0 Å². The number of rotatable bonds is 5. The van der Waals surface area contributed by atoms with Gasteiger partial charge in [0.25, 0.3) is 0 Å². The molecule has 0 bridgehead atoms. The average molecular weight is 333 g/mol. The maximum atomic E-state index is 2.79. The summed E-state index contributed by atoms with van der Waals surface area (Å²) in [5, 5.41) is 0. The van der Waals surface area contributed by atoms with Crippen molar-refractivity contribution in [3.05, 3.63) is 0 Å². The second-order valence-electron chi connectivity index (χ2n) is 5.92. The van der Waals surface area contributed by atoms with Gasteiger partial charge in [0.05, 0.1) is 0 Å². The van der Waals surface area contributed by atoms with Crippen molar-refractivity contribution in [1.82, 2.24) is 9.36 Å². The zero-order chi connectivity index (χ0) is 12.5. The molecule has 1 fully saturated rings. The molecule has 0 spiro atoms. The Labute approximate surface area is 110 Å². The SMILES string of the molecule is CC(C)C[N]1C(C)[N](CC(C)C)[Sn]1[N](C)C. The number of hydrogen-bond acceptors (Lipinski definition) is 3. The first-order chi connectivity index (χ1) is 7.34. The Hall–Kier alpha value is 0.679. The third-order valence-corrected chi connectivity index (χ3v) is 11.3. The summed E-state index contributed by atoms with van der Waals surface area (Å²) < 4.78 is 8.09. The van der Waals surface area contributed by atoms with Crippen molar-refractivity contribution in [1.29, 1.82) is 0 Å². The average Bonchev–Trinajstić information content (AvgIpc) is 2.13. The van der Waals surface area contributed by atoms with Crippen molar-refractivity contribution in [2.24, 2.45) is 11.8 Å². The summed E-state index contributed by atoms with van der Waals surface area (Å²) in [6.07, 6.45) is 0.682. The van der Waals surface area contributed by atoms with Gasteiger partial charge in [0, 0.05) is 0 Å². The predicted molar refractivity (Wildman–Crippen MR) is 72.0 cm³/mol. The molecule has 1 rings (SSSR count). The van der Waals surface area contributed by atoms with Gasteiger partial charge >= 0.3 is 110 Å². The van der Waals surface area contributed by atoms with Crippen molar-refractivity contribution in [3.63, 3.8) is 0 Å². The van der Waals surface area contributed by atoms with Gasteiger partial charge in [0.1, 0.15) is 0 Å². The van der Waals surface area contributed by atoms with Crippen LogP contribution >= 0.6 is 0 Å². The molecule has 0 unspecified atom stereocenters. The fraction of sp³-hybridized carbons (Fsp3) is 1.00. The Morgan fingerprint density at radius 3 is 1.62 bits per heavy atom. The van der Waals surface area contributed by atoms with E-state index in [-0.39, 0.29) is 0 Å². The summed E-state index contributed by atoms with van der Waals surface area (Å²) in [6.45, 7) is 14.2. The molecule has 1 aliphatic rings. The maximum absolute atomic E-state index is 2.79. The molecule has 1 aliphatic heterocycles. The van der Waals surface area contributed by atoms with E-state index in [2.05, 4.69) is 58.1 Å². The first kappa shape index (κ1) is 14.7. The second kappa shape index (κ2) is 6.03. The molecule has 0 atom stereocenters. The van der Waals surface area contributed by atoms with E-state index in [9.17, 15) is 0 Å². The van der Waals surface area contributed by atoms with Crippen LogP contribution in [0.25, 0.3) is 0 Å². The molecular weight excluding hydrogens is 305 g/mol. The standard InChI is InChI=1S/C10H22N2.C2H6N.Sn/c1-8(2)6-11-10(5)12-7-9(3)4;1-3-2;/h8-10H,6-7H2,1-5H3;1-2H3;/q-2;-1;+3. The zero-order valence-electron chi connectivity index (χ0n) is 12.0. The molecule has 95 valence electrons. The molecule has 0 saturated carbocycles. The summed E-state index contributed by atoms with van der Waals surface area (Å²) in [7, 11) is 4.53. The van der Waals surface area contributed by atoms with Gasteiger partial charge in [-0.05, 0) is 0 Å². The van der Waals surface area contributed by atoms with Crippen LogP contribution in [-0.4, -0.2) is 63.3 Å². The quantitative estimate of drug-likeness (QED) is 0.711. The van der Waals surface area contributed by atoms with Gasteiger partial charge in [-0.3, -0.25) is 0 Å². The topological polar surface area (TPSA) is 9.72 Å². The normalized spacial score (nSPS) is 21.4. The Balaban J connectivity index is 2.61. The Kier molecular flexibility index (Phi) is 5.55. The summed E-state index contributed by atoms with van der Waals surface area (Å²) in [5.41, 5.74) is 0. The van der Waals surface area contributed by atoms with Crippen molar-refractivity contribution < 1.29 is 0 Å². The Morgan fingerprint density at radius 2 is 1.38 bits per heavy atom. The van der Waals surface area contributed by atoms with Crippen molar-refractivity contribution in [3.8, 4) is 0 Å². The van der Waals surface area contributed by atoms with Crippen molar-refractivity contribution >= 4 is 20.6 Å². The summed E-state index contributed by atoms with van der Waals surface area (Å²) in [6, 6.07) is 0. The minimum absolute atomic E-state index is 0.682. The van der Waals surface area contributed by atoms with Crippen molar-refractivity contribution in [2.75, 3.05) is 27.2 Å². The molecule has 0 aromatic rings. The molecule has 16 heavy (non-hydrogen) atoms. The molecule has 0 aromatic carbocycles. The van der Waals surface area contributed by atoms with E-state index in [1.165, 1.54) is 13.1 Å². The molecular formula is C12H28N3Sn. The first-order valence-corrected chi connectivity index (χ1v) is 10.2. The molecule has 1 heterocycles. The molecule has 4 heteroatoms. The van der Waals surface area contributed by atoms with E-state index in [0.29, 0.717) is 6.17 Å². The number of nitrogens with zero attached hydrogens (tertiary/aromatic N) is 3. The molecule has 1 saturated heterocycles. The van der Waals surface area contributed by atoms with Gasteiger partial charge in [-0.2, -0.15) is 0 Å². The van der Waals surface area contributed by atoms with Crippen LogP contribution in [0.15, 0.2) is 0 Å². The van der Waals surface area contributed by atoms with Gasteiger partial charge in [0.15, 0.2) is 0 Å². The van der Waals surface area contributed by atoms with Crippen molar-refractivity contribution in [2.45, 2.75) is 40.8 Å². The van der Waals surface area contributed by atoms with Gasteiger partial charge < -0.3 is 0 Å². The summed E-state index contributed by atoms with van der Waals surface area (Å²) in [5.74, 6) is 1.58. The summed E-state index contributed by atoms with van der Waals surface area (Å²) in [4.78, 5) is 0. The van der Waals surface area contributed by atoms with Crippen LogP contribution in [-0.2, 0) is 0 Å². The van der Waals surface area contributed by atoms with E-state index in [4.69, 9.17) is 0 Å². The molecule has 0 amide bonds. The first-order valence-electron chi connectivity index (χ1n) is 6.42. The molecule has 0 aliphatic carbocycles. The van der Waals surface area contributed by atoms with Gasteiger partial charge in [-0.1, -0.05) is 0 Å². The fourth-order valence-corrected chi connectivity index (χ4v) is 11.5. The predicted octanol–water partition coefficient (Wildman–Crippen LogP) is 1.81. The zero-order valence-corrected chi connectivity index (χ0v) is 14.8. The van der Waals surface area contributed by atoms with E-state index in [0.717, 1.165) is 11.8 Å². The van der Waals surface area contributed by atoms with Gasteiger partial charge in [-0.25, -0.2) is 0 Å². The molecule has 3 nitrogen and oxygen atoms in total. The second-order valence-corrected chi connectivity index (χ2v) is 13.5. The Morgan fingerprint density at radius 1 is 1.00 bits per heavy atom. The monoisotopic (exact) mass is 334 g/mol. The third kappa shape index (κ3) is 3.34. The molecule has 1 radical (unpaired) electrons. The van der Waals surface area contributed by atoms with E-state index < -0.39 is 20.6 Å². The van der Waals surface area contributed by atoms with Crippen LogP contribution in [0.3, 0.4) is 0 Å². The van der Waals surface area contributed by atoms with Crippen LogP contribution in [0.2, 0.25) is 0 Å². The van der Waals surface area contributed by atoms with E-state index in [1.54, 1.807) is 0 Å². The molecule has 0 N–H and O–H groups in total. The number of hydrogen-bond donors (Lipinski definition) is 0. The third-order valence-electron chi connectivity index (χ3n) is 2.94. The minimum atomic E-state index is -1.59. The van der Waals surface area contributed by atoms with Crippen LogP contribution in [0.1, 0.15) is 34.6 Å².